The third kappa shape index (κ3) is 5.26. The third-order valence-corrected chi connectivity index (χ3v) is 6.44. The van der Waals surface area contributed by atoms with E-state index in [0.29, 0.717) is 31.8 Å². The number of hydrogen-bond acceptors (Lipinski definition) is 4. The molecule has 1 heterocycles. The molecular formula is C18H28N2O4S. The van der Waals surface area contributed by atoms with Crippen molar-refractivity contribution in [1.82, 2.24) is 4.31 Å². The van der Waals surface area contributed by atoms with E-state index < -0.39 is 10.0 Å². The van der Waals surface area contributed by atoms with Gasteiger partial charge in [0.15, 0.2) is 0 Å². The van der Waals surface area contributed by atoms with E-state index in [1.807, 2.05) is 24.3 Å². The first-order chi connectivity index (χ1) is 11.8. The van der Waals surface area contributed by atoms with Gasteiger partial charge in [0.1, 0.15) is 0 Å². The number of para-hydroxylation sites is 1. The first-order valence-corrected chi connectivity index (χ1v) is 10.3. The molecule has 0 aliphatic carbocycles. The number of methoxy groups -OCH3 is 1. The van der Waals surface area contributed by atoms with E-state index in [2.05, 4.69) is 19.2 Å². The molecule has 0 bridgehead atoms. The van der Waals surface area contributed by atoms with Crippen molar-refractivity contribution in [2.24, 2.45) is 5.92 Å². The van der Waals surface area contributed by atoms with Crippen molar-refractivity contribution in [2.75, 3.05) is 37.9 Å². The van der Waals surface area contributed by atoms with Crippen molar-refractivity contribution < 1.29 is 17.9 Å². The van der Waals surface area contributed by atoms with Crippen molar-refractivity contribution in [3.05, 3.63) is 29.8 Å². The summed E-state index contributed by atoms with van der Waals surface area (Å²) in [6, 6.07) is 7.81. The number of ether oxygens (including phenoxy) is 1. The lowest BCUT2D eigenvalue weighted by atomic mass is 9.96. The number of piperidine rings is 1. The Hall–Kier alpha value is -1.44. The molecule has 0 unspecified atom stereocenters. The number of nitrogens with zero attached hydrogens (tertiary/aromatic N) is 1. The van der Waals surface area contributed by atoms with Crippen LogP contribution in [0.1, 0.15) is 38.2 Å². The molecule has 7 heteroatoms. The van der Waals surface area contributed by atoms with Crippen LogP contribution in [0.4, 0.5) is 5.69 Å². The molecule has 1 aromatic carbocycles. The summed E-state index contributed by atoms with van der Waals surface area (Å²) in [5.74, 6) is 0.127. The van der Waals surface area contributed by atoms with Crippen LogP contribution in [0.3, 0.4) is 0 Å². The van der Waals surface area contributed by atoms with E-state index in [9.17, 15) is 13.2 Å². The lowest BCUT2D eigenvalue weighted by Gasteiger charge is -2.30. The van der Waals surface area contributed by atoms with Gasteiger partial charge in [0.05, 0.1) is 12.4 Å². The van der Waals surface area contributed by atoms with E-state index in [-0.39, 0.29) is 24.2 Å². The molecule has 2 rings (SSSR count). The fourth-order valence-electron chi connectivity index (χ4n) is 3.06. The smallest absolute Gasteiger partial charge is 0.227 e. The van der Waals surface area contributed by atoms with E-state index in [4.69, 9.17) is 4.74 Å². The van der Waals surface area contributed by atoms with Crippen LogP contribution in [0.25, 0.3) is 0 Å². The molecule has 0 saturated carbocycles. The largest absolute Gasteiger partial charge is 0.384 e. The summed E-state index contributed by atoms with van der Waals surface area (Å²) < 4.78 is 30.7. The Labute approximate surface area is 150 Å². The second-order valence-electron chi connectivity index (χ2n) is 6.71. The molecule has 1 aromatic rings. The lowest BCUT2D eigenvalue weighted by Crippen LogP contribution is -2.42. The maximum Gasteiger partial charge on any atom is 0.227 e. The molecular weight excluding hydrogens is 340 g/mol. The fraction of sp³-hybridized carbons (Fsp3) is 0.611. The second-order valence-corrected chi connectivity index (χ2v) is 8.80. The lowest BCUT2D eigenvalue weighted by molar-refractivity contribution is -0.120. The Morgan fingerprint density at radius 1 is 1.28 bits per heavy atom. The molecule has 1 aliphatic rings. The highest BCUT2D eigenvalue weighted by Gasteiger charge is 2.31. The minimum absolute atomic E-state index is 0.0118. The van der Waals surface area contributed by atoms with E-state index in [0.717, 1.165) is 11.3 Å². The molecule has 0 atom stereocenters. The number of carbonyl (C=O) groups is 1. The standard InChI is InChI=1S/C18H28N2O4S/c1-14(2)16-6-4-5-7-17(16)19-18(21)15-8-10-20(11-9-15)25(22,23)13-12-24-3/h4-7,14-15H,8-13H2,1-3H3,(H,19,21). The van der Waals surface area contributed by atoms with Gasteiger partial charge in [0, 0.05) is 31.8 Å². The molecule has 1 N–H and O–H groups in total. The molecule has 1 aliphatic heterocycles. The molecule has 25 heavy (non-hydrogen) atoms. The van der Waals surface area contributed by atoms with Gasteiger partial charge in [-0.2, -0.15) is 0 Å². The van der Waals surface area contributed by atoms with Gasteiger partial charge in [0.2, 0.25) is 15.9 Å². The number of sulfonamides is 1. The maximum atomic E-state index is 12.6. The fourth-order valence-corrected chi connectivity index (χ4v) is 4.47. The number of anilines is 1. The van der Waals surface area contributed by atoms with Crippen LogP contribution in [-0.4, -0.2) is 51.2 Å². The minimum Gasteiger partial charge on any atom is -0.384 e. The van der Waals surface area contributed by atoms with Gasteiger partial charge in [-0.25, -0.2) is 12.7 Å². The van der Waals surface area contributed by atoms with Crippen LogP contribution in [0.2, 0.25) is 0 Å². The average Bonchev–Trinajstić information content (AvgIpc) is 2.60. The quantitative estimate of drug-likeness (QED) is 0.802. The summed E-state index contributed by atoms with van der Waals surface area (Å²) in [7, 11) is -1.81. The normalized spacial score (nSPS) is 17.0. The van der Waals surface area contributed by atoms with E-state index in [1.54, 1.807) is 0 Å². The van der Waals surface area contributed by atoms with Crippen molar-refractivity contribution >= 4 is 21.6 Å². The van der Waals surface area contributed by atoms with Gasteiger partial charge >= 0.3 is 0 Å². The average molecular weight is 368 g/mol. The molecule has 140 valence electrons. The zero-order chi connectivity index (χ0) is 18.4. The van der Waals surface area contributed by atoms with Crippen LogP contribution >= 0.6 is 0 Å². The van der Waals surface area contributed by atoms with Crippen molar-refractivity contribution in [3.8, 4) is 0 Å². The van der Waals surface area contributed by atoms with Crippen molar-refractivity contribution in [1.29, 1.82) is 0 Å². The minimum atomic E-state index is -3.29. The molecule has 0 radical (unpaired) electrons. The number of carbonyl (C=O) groups excluding carboxylic acids is 1. The summed E-state index contributed by atoms with van der Waals surface area (Å²) in [6.45, 7) is 5.14. The number of hydrogen-bond donors (Lipinski definition) is 1. The molecule has 1 fully saturated rings. The Morgan fingerprint density at radius 2 is 1.92 bits per heavy atom. The molecule has 1 saturated heterocycles. The predicted octanol–water partition coefficient (Wildman–Crippen LogP) is 2.44. The summed E-state index contributed by atoms with van der Waals surface area (Å²) in [5, 5.41) is 3.02. The van der Waals surface area contributed by atoms with Crippen LogP contribution < -0.4 is 5.32 Å². The number of nitrogens with one attached hydrogen (secondary N) is 1. The summed E-state index contributed by atoms with van der Waals surface area (Å²) in [5.41, 5.74) is 1.95. The van der Waals surface area contributed by atoms with Gasteiger partial charge in [-0.15, -0.1) is 0 Å². The van der Waals surface area contributed by atoms with Crippen LogP contribution in [-0.2, 0) is 19.6 Å². The highest BCUT2D eigenvalue weighted by atomic mass is 32.2. The maximum absolute atomic E-state index is 12.6. The molecule has 0 spiro atoms. The van der Waals surface area contributed by atoms with E-state index >= 15 is 0 Å². The van der Waals surface area contributed by atoms with Crippen molar-refractivity contribution in [3.63, 3.8) is 0 Å². The number of amides is 1. The Balaban J connectivity index is 1.94. The first kappa shape index (κ1) is 19.9. The van der Waals surface area contributed by atoms with Crippen LogP contribution in [0.15, 0.2) is 24.3 Å². The van der Waals surface area contributed by atoms with Gasteiger partial charge in [0.25, 0.3) is 0 Å². The molecule has 6 nitrogen and oxygen atoms in total. The Morgan fingerprint density at radius 3 is 2.52 bits per heavy atom. The van der Waals surface area contributed by atoms with E-state index in [1.165, 1.54) is 11.4 Å². The molecule has 0 aromatic heterocycles. The molecule has 1 amide bonds. The SMILES string of the molecule is COCCS(=O)(=O)N1CCC(C(=O)Nc2ccccc2C(C)C)CC1. The number of benzene rings is 1. The first-order valence-electron chi connectivity index (χ1n) is 8.71. The van der Waals surface area contributed by atoms with Gasteiger partial charge < -0.3 is 10.1 Å². The zero-order valence-electron chi connectivity index (χ0n) is 15.2. The third-order valence-electron chi connectivity index (χ3n) is 4.60. The number of rotatable bonds is 7. The van der Waals surface area contributed by atoms with Gasteiger partial charge in [-0.05, 0) is 30.4 Å². The van der Waals surface area contributed by atoms with Crippen LogP contribution in [0.5, 0.6) is 0 Å². The monoisotopic (exact) mass is 368 g/mol. The Kier molecular flexibility index (Phi) is 6.98. The predicted molar refractivity (Wildman–Crippen MR) is 99.1 cm³/mol. The highest BCUT2D eigenvalue weighted by Crippen LogP contribution is 2.26. The van der Waals surface area contributed by atoms with Crippen LogP contribution in [0, 0.1) is 5.92 Å². The topological polar surface area (TPSA) is 75.7 Å². The summed E-state index contributed by atoms with van der Waals surface area (Å²) in [6.07, 6.45) is 1.09. The van der Waals surface area contributed by atoms with Crippen molar-refractivity contribution in [2.45, 2.75) is 32.6 Å². The summed E-state index contributed by atoms with van der Waals surface area (Å²) >= 11 is 0. The highest BCUT2D eigenvalue weighted by molar-refractivity contribution is 7.89. The van der Waals surface area contributed by atoms with Gasteiger partial charge in [-0.1, -0.05) is 32.0 Å². The second kappa shape index (κ2) is 8.78. The zero-order valence-corrected chi connectivity index (χ0v) is 16.0. The van der Waals surface area contributed by atoms with Gasteiger partial charge in [-0.3, -0.25) is 4.79 Å². The Bertz CT molecular complexity index is 680. The summed E-state index contributed by atoms with van der Waals surface area (Å²) in [4.78, 5) is 12.6.